The summed E-state index contributed by atoms with van der Waals surface area (Å²) in [6, 6.07) is 8.28. The molecular weight excluding hydrogens is 378 g/mol. The second-order valence-electron chi connectivity index (χ2n) is 5.42. The van der Waals surface area contributed by atoms with Crippen LogP contribution in [0.5, 0.6) is 0 Å². The smallest absolute Gasteiger partial charge is 0.332 e. The van der Waals surface area contributed by atoms with Gasteiger partial charge >= 0.3 is 12.4 Å². The van der Waals surface area contributed by atoms with E-state index in [0.29, 0.717) is 17.8 Å². The fraction of sp³-hybridized carbons (Fsp3) is 0.235. The summed E-state index contributed by atoms with van der Waals surface area (Å²) in [4.78, 5) is 0. The number of alkyl halides is 6. The molecule has 0 spiro atoms. The Morgan fingerprint density at radius 1 is 0.808 bits per heavy atom. The lowest BCUT2D eigenvalue weighted by atomic mass is 10.1. The Hall–Kier alpha value is -2.29. The van der Waals surface area contributed by atoms with Crippen molar-refractivity contribution in [2.75, 3.05) is 10.6 Å². The quantitative estimate of drug-likeness (QED) is 0.488. The van der Waals surface area contributed by atoms with Crippen LogP contribution in [0.4, 0.5) is 37.7 Å². The van der Waals surface area contributed by atoms with Crippen molar-refractivity contribution in [2.45, 2.75) is 25.7 Å². The zero-order valence-corrected chi connectivity index (χ0v) is 14.2. The molecule has 2 aromatic carbocycles. The molecule has 0 aliphatic rings. The average molecular weight is 392 g/mol. The van der Waals surface area contributed by atoms with Gasteiger partial charge in [0.25, 0.3) is 0 Å². The molecule has 0 saturated carbocycles. The van der Waals surface area contributed by atoms with E-state index >= 15 is 0 Å². The summed E-state index contributed by atoms with van der Waals surface area (Å²) in [7, 11) is 0. The molecule has 0 saturated heterocycles. The van der Waals surface area contributed by atoms with Gasteiger partial charge in [0.1, 0.15) is 0 Å². The van der Waals surface area contributed by atoms with Gasteiger partial charge in [-0.3, -0.25) is 0 Å². The van der Waals surface area contributed by atoms with E-state index in [9.17, 15) is 26.3 Å². The molecule has 0 unspecified atom stereocenters. The van der Waals surface area contributed by atoms with Gasteiger partial charge in [0.2, 0.25) is 0 Å². The van der Waals surface area contributed by atoms with E-state index < -0.39 is 29.2 Å². The van der Waals surface area contributed by atoms with Gasteiger partial charge in [0.05, 0.1) is 11.1 Å². The minimum atomic E-state index is -4.91. The summed E-state index contributed by atoms with van der Waals surface area (Å²) in [5.41, 5.74) is -1.60. The molecule has 0 amide bonds. The number of benzene rings is 2. The Balaban J connectivity index is 2.22. The Morgan fingerprint density at radius 2 is 1.27 bits per heavy atom. The Bertz CT molecular complexity index is 749. The van der Waals surface area contributed by atoms with Crippen LogP contribution in [-0.4, -0.2) is 5.11 Å². The highest BCUT2D eigenvalue weighted by Crippen LogP contribution is 2.37. The molecule has 0 atom stereocenters. The summed E-state index contributed by atoms with van der Waals surface area (Å²) in [6.45, 7) is 1.97. The summed E-state index contributed by atoms with van der Waals surface area (Å²) >= 11 is 4.97. The topological polar surface area (TPSA) is 24.1 Å². The summed E-state index contributed by atoms with van der Waals surface area (Å²) in [6.07, 6.45) is -9.00. The highest BCUT2D eigenvalue weighted by atomic mass is 32.1. The average Bonchev–Trinajstić information content (AvgIpc) is 2.53. The second-order valence-corrected chi connectivity index (χ2v) is 5.83. The van der Waals surface area contributed by atoms with Crippen LogP contribution in [-0.2, 0) is 18.8 Å². The lowest BCUT2D eigenvalue weighted by Gasteiger charge is -2.16. The molecule has 0 aliphatic carbocycles. The number of rotatable bonds is 3. The van der Waals surface area contributed by atoms with Gasteiger partial charge in [0, 0.05) is 11.4 Å². The van der Waals surface area contributed by atoms with Crippen LogP contribution in [0.15, 0.2) is 42.5 Å². The van der Waals surface area contributed by atoms with Crippen molar-refractivity contribution >= 4 is 28.7 Å². The number of nitrogens with one attached hydrogen (secondary N) is 2. The molecular formula is C17H14F6N2S. The van der Waals surface area contributed by atoms with E-state index in [2.05, 4.69) is 10.6 Å². The van der Waals surface area contributed by atoms with Crippen LogP contribution in [0.3, 0.4) is 0 Å². The summed E-state index contributed by atoms with van der Waals surface area (Å²) in [5.74, 6) is 0. The van der Waals surface area contributed by atoms with Gasteiger partial charge in [-0.2, -0.15) is 26.3 Å². The first-order valence-corrected chi connectivity index (χ1v) is 7.86. The third-order valence-electron chi connectivity index (χ3n) is 3.47. The van der Waals surface area contributed by atoms with Crippen molar-refractivity contribution in [3.63, 3.8) is 0 Å². The zero-order valence-electron chi connectivity index (χ0n) is 13.4. The molecule has 26 heavy (non-hydrogen) atoms. The molecule has 2 N–H and O–H groups in total. The molecule has 0 aromatic heterocycles. The van der Waals surface area contributed by atoms with Crippen molar-refractivity contribution in [3.8, 4) is 0 Å². The molecule has 2 aromatic rings. The SMILES string of the molecule is CCc1ccc(NC(=S)Nc2cc(C(F)(F)F)cc(C(F)(F)F)c2)cc1. The highest BCUT2D eigenvalue weighted by molar-refractivity contribution is 7.80. The maximum absolute atomic E-state index is 12.8. The van der Waals surface area contributed by atoms with Crippen LogP contribution in [0.2, 0.25) is 0 Å². The third kappa shape index (κ3) is 5.35. The Morgan fingerprint density at radius 3 is 1.69 bits per heavy atom. The molecule has 0 radical (unpaired) electrons. The number of anilines is 2. The molecule has 0 bridgehead atoms. The number of halogens is 6. The zero-order chi connectivity index (χ0) is 19.5. The van der Waals surface area contributed by atoms with Gasteiger partial charge in [-0.25, -0.2) is 0 Å². The fourth-order valence-electron chi connectivity index (χ4n) is 2.14. The van der Waals surface area contributed by atoms with Crippen molar-refractivity contribution in [2.24, 2.45) is 0 Å². The van der Waals surface area contributed by atoms with Gasteiger partial charge in [0.15, 0.2) is 5.11 Å². The van der Waals surface area contributed by atoms with Gasteiger partial charge in [-0.05, 0) is 54.5 Å². The van der Waals surface area contributed by atoms with Crippen LogP contribution >= 0.6 is 12.2 Å². The molecule has 2 nitrogen and oxygen atoms in total. The Labute approximate surface area is 151 Å². The highest BCUT2D eigenvalue weighted by Gasteiger charge is 2.37. The fourth-order valence-corrected chi connectivity index (χ4v) is 2.38. The van der Waals surface area contributed by atoms with E-state index in [1.165, 1.54) is 0 Å². The van der Waals surface area contributed by atoms with Gasteiger partial charge in [-0.1, -0.05) is 19.1 Å². The van der Waals surface area contributed by atoms with Crippen molar-refractivity contribution in [1.29, 1.82) is 0 Å². The van der Waals surface area contributed by atoms with Crippen LogP contribution in [0.1, 0.15) is 23.6 Å². The predicted octanol–water partition coefficient (Wildman–Crippen LogP) is 6.10. The molecule has 9 heteroatoms. The lowest BCUT2D eigenvalue weighted by molar-refractivity contribution is -0.143. The number of hydrogen-bond donors (Lipinski definition) is 2. The molecule has 0 aliphatic heterocycles. The monoisotopic (exact) mass is 392 g/mol. The number of hydrogen-bond acceptors (Lipinski definition) is 1. The van der Waals surface area contributed by atoms with E-state index in [4.69, 9.17) is 12.2 Å². The standard InChI is InChI=1S/C17H14F6N2S/c1-2-10-3-5-13(6-4-10)24-15(26)25-14-8-11(16(18,19)20)7-12(9-14)17(21,22)23/h3-9H,2H2,1H3,(H2,24,25,26). The third-order valence-corrected chi connectivity index (χ3v) is 3.67. The first kappa shape index (κ1) is 20.0. The minimum Gasteiger partial charge on any atom is -0.332 e. The van der Waals surface area contributed by atoms with E-state index in [1.54, 1.807) is 12.1 Å². The van der Waals surface area contributed by atoms with E-state index in [1.807, 2.05) is 19.1 Å². The summed E-state index contributed by atoms with van der Waals surface area (Å²) < 4.78 is 77.1. The molecule has 2 rings (SSSR count). The number of thiocarbonyl (C=S) groups is 1. The van der Waals surface area contributed by atoms with E-state index in [0.717, 1.165) is 12.0 Å². The largest absolute Gasteiger partial charge is 0.416 e. The predicted molar refractivity (Wildman–Crippen MR) is 92.1 cm³/mol. The van der Waals surface area contributed by atoms with Crippen LogP contribution < -0.4 is 10.6 Å². The number of aryl methyl sites for hydroxylation is 1. The maximum Gasteiger partial charge on any atom is 0.416 e. The normalized spacial score (nSPS) is 12.0. The van der Waals surface area contributed by atoms with Gasteiger partial charge in [-0.15, -0.1) is 0 Å². The van der Waals surface area contributed by atoms with Crippen molar-refractivity contribution in [1.82, 2.24) is 0 Å². The van der Waals surface area contributed by atoms with Crippen molar-refractivity contribution in [3.05, 3.63) is 59.2 Å². The van der Waals surface area contributed by atoms with E-state index in [-0.39, 0.29) is 11.2 Å². The molecule has 140 valence electrons. The minimum absolute atomic E-state index is 0.0606. The molecule has 0 heterocycles. The first-order chi connectivity index (χ1) is 12.0. The van der Waals surface area contributed by atoms with Crippen LogP contribution in [0.25, 0.3) is 0 Å². The van der Waals surface area contributed by atoms with Crippen LogP contribution in [0, 0.1) is 0 Å². The summed E-state index contributed by atoms with van der Waals surface area (Å²) in [5, 5.41) is 4.96. The van der Waals surface area contributed by atoms with Crippen molar-refractivity contribution < 1.29 is 26.3 Å². The Kier molecular flexibility index (Phi) is 5.80. The maximum atomic E-state index is 12.8. The second kappa shape index (κ2) is 7.53. The van der Waals surface area contributed by atoms with Gasteiger partial charge < -0.3 is 10.6 Å². The first-order valence-electron chi connectivity index (χ1n) is 7.45. The lowest BCUT2D eigenvalue weighted by Crippen LogP contribution is -2.20. The molecule has 0 fully saturated rings.